The predicted octanol–water partition coefficient (Wildman–Crippen LogP) is 6.00. The van der Waals surface area contributed by atoms with E-state index >= 15 is 0 Å². The second-order valence-corrected chi connectivity index (χ2v) is 15.3. The zero-order chi connectivity index (χ0) is 47.5. The van der Waals surface area contributed by atoms with E-state index in [9.17, 15) is 48.9 Å². The first kappa shape index (κ1) is 48.0. The fraction of sp³-hybridized carbons (Fsp3) is 0.255. The van der Waals surface area contributed by atoms with Crippen LogP contribution in [0.5, 0.6) is 11.5 Å². The summed E-state index contributed by atoms with van der Waals surface area (Å²) in [5.41, 5.74) is 2.32. The van der Waals surface area contributed by atoms with Crippen LogP contribution in [0.4, 0.5) is 17.1 Å². The van der Waals surface area contributed by atoms with E-state index in [-0.39, 0.29) is 70.0 Å². The van der Waals surface area contributed by atoms with Crippen molar-refractivity contribution >= 4 is 58.5 Å². The third kappa shape index (κ3) is 12.6. The molecule has 0 spiro atoms. The van der Waals surface area contributed by atoms with E-state index in [0.717, 1.165) is 12.7 Å². The molecule has 340 valence electrons. The minimum absolute atomic E-state index is 0.0179. The maximum absolute atomic E-state index is 13.5. The van der Waals surface area contributed by atoms with Crippen molar-refractivity contribution in [3.05, 3.63) is 136 Å². The normalized spacial score (nSPS) is 13.2. The summed E-state index contributed by atoms with van der Waals surface area (Å²) in [6.45, 7) is 8.74. The Morgan fingerprint density at radius 2 is 1.15 bits per heavy atom. The highest BCUT2D eigenvalue weighted by molar-refractivity contribution is 6.08. The van der Waals surface area contributed by atoms with E-state index in [4.69, 9.17) is 14.2 Å². The summed E-state index contributed by atoms with van der Waals surface area (Å²) in [6, 6.07) is 19.0. The van der Waals surface area contributed by atoms with E-state index in [1.807, 2.05) is 6.92 Å². The Labute approximate surface area is 373 Å². The Kier molecular flexibility index (Phi) is 15.8. The van der Waals surface area contributed by atoms with Crippen molar-refractivity contribution in [2.45, 2.75) is 71.8 Å². The molecule has 5 rings (SSSR count). The summed E-state index contributed by atoms with van der Waals surface area (Å²) in [7, 11) is 1.06. The van der Waals surface area contributed by atoms with Gasteiger partial charge in [0.25, 0.3) is 23.6 Å². The Morgan fingerprint density at radius 3 is 1.69 bits per heavy atom. The summed E-state index contributed by atoms with van der Waals surface area (Å²) in [5.74, 6) is -6.78. The molecule has 2 unspecified atom stereocenters. The van der Waals surface area contributed by atoms with Crippen molar-refractivity contribution in [1.29, 1.82) is 0 Å². The number of anilines is 3. The molecular weight excluding hydrogens is 843 g/mol. The monoisotopic (exact) mass is 891 g/mol. The predicted molar refractivity (Wildman–Crippen MR) is 238 cm³/mol. The number of carbonyl (C=O) groups is 7. The number of amides is 5. The average molecular weight is 892 g/mol. The highest BCUT2D eigenvalue weighted by Crippen LogP contribution is 2.39. The minimum atomic E-state index is -1.81. The molecule has 4 aromatic rings. The van der Waals surface area contributed by atoms with Gasteiger partial charge < -0.3 is 56.1 Å². The number of benzene rings is 4. The second kappa shape index (κ2) is 21.4. The number of methoxy groups -OCH3 is 1. The number of nitrogens with one attached hydrogen (secondary N) is 5. The number of rotatable bonds is 18. The summed E-state index contributed by atoms with van der Waals surface area (Å²) in [4.78, 5) is 90.1. The standard InChI is InChI=1S/C47H49N5O13/c1-24(2)64-36-23-30(46(59)60)15-21-34(36)50-44(57)33-20-22-35(39(38(33)53)65-25(3)4)51-42(55)28-11-18-32(19-12-28)49-45(58)37(40(63-6)47(61)62)52-43(56)29-13-16-31(17-14-29)48-41(54)27-9-7-26(5)8-10-27/h7-14,16-20,22-25,37,40,53H,15,21H2,1-6H3,(H,48,54)(H,49,58)(H,50,57)(H,51,55)(H,52,56)(H,59,60)(H,61,62). The Morgan fingerprint density at radius 1 is 0.615 bits per heavy atom. The van der Waals surface area contributed by atoms with E-state index in [1.54, 1.807) is 52.0 Å². The van der Waals surface area contributed by atoms with Crippen molar-refractivity contribution in [3.8, 4) is 11.5 Å². The summed E-state index contributed by atoms with van der Waals surface area (Å²) in [5, 5.41) is 43.6. The fourth-order valence-corrected chi connectivity index (χ4v) is 6.38. The number of allylic oxidation sites excluding steroid dienone is 2. The number of phenols is 1. The molecule has 0 saturated heterocycles. The van der Waals surface area contributed by atoms with Gasteiger partial charge in [0, 0.05) is 40.7 Å². The van der Waals surface area contributed by atoms with Crippen LogP contribution in [0.15, 0.2) is 108 Å². The summed E-state index contributed by atoms with van der Waals surface area (Å²) in [6.07, 6.45) is -1.01. The molecule has 0 saturated carbocycles. The lowest BCUT2D eigenvalue weighted by Crippen LogP contribution is -2.54. The molecular formula is C47H49N5O13. The SMILES string of the molecule is COC(C(=O)O)C(NC(=O)c1ccc(NC(=O)c2ccc(C)cc2)cc1)C(=O)Nc1ccc(C(=O)Nc2ccc(C(=O)NC3=C(OC(C)C)C=C(C(=O)O)CC3)c(O)c2OC(C)C)cc1. The average Bonchev–Trinajstić information content (AvgIpc) is 3.25. The highest BCUT2D eigenvalue weighted by atomic mass is 16.5. The zero-order valence-corrected chi connectivity index (χ0v) is 36.3. The van der Waals surface area contributed by atoms with Gasteiger partial charge in [-0.2, -0.15) is 0 Å². The molecule has 0 aliphatic heterocycles. The van der Waals surface area contributed by atoms with Crippen LogP contribution >= 0.6 is 0 Å². The Hall–Kier alpha value is -7.99. The first-order chi connectivity index (χ1) is 30.8. The van der Waals surface area contributed by atoms with Gasteiger partial charge in [-0.15, -0.1) is 0 Å². The van der Waals surface area contributed by atoms with Crippen LogP contribution < -0.4 is 31.3 Å². The number of aryl methyl sites for hydroxylation is 1. The van der Waals surface area contributed by atoms with Gasteiger partial charge in [-0.25, -0.2) is 9.59 Å². The van der Waals surface area contributed by atoms with Crippen LogP contribution in [0, 0.1) is 6.92 Å². The smallest absolute Gasteiger partial charge is 0.335 e. The molecule has 1 aliphatic rings. The molecule has 0 aromatic heterocycles. The Bertz CT molecular complexity index is 2530. The van der Waals surface area contributed by atoms with Crippen LogP contribution in [0.1, 0.15) is 87.5 Å². The van der Waals surface area contributed by atoms with E-state index in [0.29, 0.717) is 16.9 Å². The molecule has 18 nitrogen and oxygen atoms in total. The molecule has 65 heavy (non-hydrogen) atoms. The first-order valence-corrected chi connectivity index (χ1v) is 20.3. The third-order valence-corrected chi connectivity index (χ3v) is 9.63. The van der Waals surface area contributed by atoms with Crippen molar-refractivity contribution in [3.63, 3.8) is 0 Å². The Balaban J connectivity index is 1.27. The lowest BCUT2D eigenvalue weighted by molar-refractivity contribution is -0.152. The molecule has 0 fully saturated rings. The number of carbonyl (C=O) groups excluding carboxylic acids is 5. The van der Waals surface area contributed by atoms with Crippen LogP contribution in [0.3, 0.4) is 0 Å². The molecule has 4 aromatic carbocycles. The van der Waals surface area contributed by atoms with Crippen LogP contribution in [0.2, 0.25) is 0 Å². The lowest BCUT2D eigenvalue weighted by atomic mass is 10.0. The molecule has 0 heterocycles. The van der Waals surface area contributed by atoms with Gasteiger partial charge in [-0.3, -0.25) is 24.0 Å². The van der Waals surface area contributed by atoms with E-state index in [1.165, 1.54) is 66.7 Å². The summed E-state index contributed by atoms with van der Waals surface area (Å²) >= 11 is 0. The van der Waals surface area contributed by atoms with Gasteiger partial charge in [0.05, 0.1) is 29.2 Å². The van der Waals surface area contributed by atoms with Gasteiger partial charge in [-0.1, -0.05) is 17.7 Å². The van der Waals surface area contributed by atoms with Crippen molar-refractivity contribution in [1.82, 2.24) is 10.6 Å². The van der Waals surface area contributed by atoms with Crippen molar-refractivity contribution in [2.75, 3.05) is 23.1 Å². The van der Waals surface area contributed by atoms with Gasteiger partial charge in [-0.05, 0) is 126 Å². The van der Waals surface area contributed by atoms with Gasteiger partial charge in [0.1, 0.15) is 11.8 Å². The maximum atomic E-state index is 13.5. The number of hydrogen-bond donors (Lipinski definition) is 8. The van der Waals surface area contributed by atoms with Gasteiger partial charge in [0.2, 0.25) is 5.91 Å². The highest BCUT2D eigenvalue weighted by Gasteiger charge is 2.36. The lowest BCUT2D eigenvalue weighted by Gasteiger charge is -2.23. The molecule has 8 N–H and O–H groups in total. The first-order valence-electron chi connectivity index (χ1n) is 20.3. The largest absolute Gasteiger partial charge is 0.504 e. The number of carboxylic acids is 2. The fourth-order valence-electron chi connectivity index (χ4n) is 6.38. The number of aliphatic carboxylic acids is 2. The van der Waals surface area contributed by atoms with E-state index < -0.39 is 59.6 Å². The van der Waals surface area contributed by atoms with Gasteiger partial charge >= 0.3 is 11.9 Å². The second-order valence-electron chi connectivity index (χ2n) is 15.3. The number of aromatic hydroxyl groups is 1. The van der Waals surface area contributed by atoms with E-state index in [2.05, 4.69) is 26.6 Å². The number of hydrogen-bond acceptors (Lipinski definition) is 11. The number of phenolic OH excluding ortho intramolecular Hbond substituents is 1. The van der Waals surface area contributed by atoms with Crippen LogP contribution in [0.25, 0.3) is 0 Å². The molecule has 1 aliphatic carbocycles. The quantitative estimate of drug-likeness (QED) is 0.0570. The van der Waals surface area contributed by atoms with Gasteiger partial charge in [0.15, 0.2) is 17.6 Å². The topological polar surface area (TPSA) is 268 Å². The zero-order valence-electron chi connectivity index (χ0n) is 36.3. The minimum Gasteiger partial charge on any atom is -0.504 e. The molecule has 18 heteroatoms. The van der Waals surface area contributed by atoms with Crippen LogP contribution in [-0.4, -0.2) is 88.3 Å². The third-order valence-electron chi connectivity index (χ3n) is 9.63. The molecule has 2 atom stereocenters. The van der Waals surface area contributed by atoms with Crippen LogP contribution in [-0.2, 0) is 23.9 Å². The molecule has 5 amide bonds. The van der Waals surface area contributed by atoms with Crippen molar-refractivity contribution < 1.29 is 63.1 Å². The number of carboxylic acid groups (broad SMARTS) is 2. The summed E-state index contributed by atoms with van der Waals surface area (Å²) < 4.78 is 16.7. The van der Waals surface area contributed by atoms with Crippen molar-refractivity contribution in [2.24, 2.45) is 0 Å². The maximum Gasteiger partial charge on any atom is 0.335 e. The molecule has 0 bridgehead atoms. The molecule has 0 radical (unpaired) electrons. The number of ether oxygens (including phenoxy) is 3.